The van der Waals surface area contributed by atoms with E-state index in [-0.39, 0.29) is 52.4 Å². The monoisotopic (exact) mass is 516 g/mol. The molecule has 5 aliphatic carbocycles. The molecule has 0 unspecified atom stereocenters. The Labute approximate surface area is 222 Å². The fourth-order valence-corrected chi connectivity index (χ4v) is 11.1. The number of aliphatic hydroxyl groups excluding tert-OH is 3. The lowest BCUT2D eigenvalue weighted by atomic mass is 9.41. The average Bonchev–Trinajstić information content (AvgIpc) is 3.00. The number of ether oxygens (including phenoxy) is 1. The minimum Gasteiger partial charge on any atom is -0.469 e. The number of hydrogen-bond donors (Lipinski definition) is 3. The van der Waals surface area contributed by atoms with Crippen LogP contribution in [-0.4, -0.2) is 53.0 Å². The summed E-state index contributed by atoms with van der Waals surface area (Å²) in [7, 11) is 1.43. The van der Waals surface area contributed by atoms with Crippen molar-refractivity contribution in [3.8, 4) is 0 Å². The van der Waals surface area contributed by atoms with Gasteiger partial charge in [0.2, 0.25) is 0 Å². The highest BCUT2D eigenvalue weighted by molar-refractivity contribution is 5.95. The molecule has 0 aromatic heterocycles. The van der Waals surface area contributed by atoms with E-state index in [0.717, 1.165) is 44.9 Å². The lowest BCUT2D eigenvalue weighted by molar-refractivity contribution is -0.202. The number of rotatable bonds is 2. The van der Waals surface area contributed by atoms with Crippen LogP contribution in [0.1, 0.15) is 92.4 Å². The molecule has 0 aromatic rings. The van der Waals surface area contributed by atoms with Crippen molar-refractivity contribution in [2.24, 2.45) is 50.7 Å². The third-order valence-corrected chi connectivity index (χ3v) is 13.0. The molecule has 4 fully saturated rings. The third-order valence-electron chi connectivity index (χ3n) is 13.0. The van der Waals surface area contributed by atoms with E-state index in [4.69, 9.17) is 4.74 Å². The van der Waals surface area contributed by atoms with Crippen LogP contribution in [0, 0.1) is 50.7 Å². The second-order valence-electron chi connectivity index (χ2n) is 14.7. The van der Waals surface area contributed by atoms with Gasteiger partial charge in [-0.05, 0) is 105 Å². The molecule has 0 amide bonds. The van der Waals surface area contributed by atoms with Crippen molar-refractivity contribution in [3.05, 3.63) is 11.6 Å². The van der Waals surface area contributed by atoms with Crippen molar-refractivity contribution in [2.75, 3.05) is 13.7 Å². The van der Waals surface area contributed by atoms with Crippen molar-refractivity contribution in [3.63, 3.8) is 0 Å². The van der Waals surface area contributed by atoms with Crippen molar-refractivity contribution >= 4 is 11.8 Å². The van der Waals surface area contributed by atoms with Crippen LogP contribution in [0.4, 0.5) is 0 Å². The largest absolute Gasteiger partial charge is 0.469 e. The Morgan fingerprint density at radius 1 is 0.919 bits per heavy atom. The highest BCUT2D eigenvalue weighted by atomic mass is 16.5. The number of carbonyl (C=O) groups excluding carboxylic acids is 2. The highest BCUT2D eigenvalue weighted by Gasteiger charge is 2.67. The van der Waals surface area contributed by atoms with Gasteiger partial charge in [0.05, 0.1) is 31.3 Å². The molecule has 6 nitrogen and oxygen atoms in total. The lowest BCUT2D eigenvalue weighted by Crippen LogP contribution is -2.61. The van der Waals surface area contributed by atoms with Crippen LogP contribution in [0.15, 0.2) is 11.6 Å². The fourth-order valence-electron chi connectivity index (χ4n) is 11.1. The zero-order chi connectivity index (χ0) is 27.2. The summed E-state index contributed by atoms with van der Waals surface area (Å²) in [5, 5.41) is 32.3. The van der Waals surface area contributed by atoms with Gasteiger partial charge in [-0.3, -0.25) is 9.59 Å². The van der Waals surface area contributed by atoms with Gasteiger partial charge in [0, 0.05) is 11.3 Å². The van der Waals surface area contributed by atoms with Gasteiger partial charge in [0.1, 0.15) is 0 Å². The smallest absolute Gasteiger partial charge is 0.314 e. The molecule has 208 valence electrons. The predicted octanol–water partition coefficient (Wildman–Crippen LogP) is 4.44. The van der Waals surface area contributed by atoms with Crippen molar-refractivity contribution in [2.45, 2.75) is 105 Å². The number of ketones is 1. The molecule has 37 heavy (non-hydrogen) atoms. The SMILES string of the molecule is COC(=O)[C@@]1(C)[C@H](O)CC[C@@]2(C)[C@H]1CC[C@@]1(C)CC3=CC(=O)[C@@H]4[C@](C)(CC[C@@H](O)[C@]4(C)CO)[C@H]3CC[C@@H]12. The van der Waals surface area contributed by atoms with Crippen LogP contribution in [0.2, 0.25) is 0 Å². The van der Waals surface area contributed by atoms with E-state index in [1.165, 1.54) is 12.7 Å². The van der Waals surface area contributed by atoms with Crippen LogP contribution in [0.3, 0.4) is 0 Å². The van der Waals surface area contributed by atoms with E-state index in [1.54, 1.807) is 0 Å². The summed E-state index contributed by atoms with van der Waals surface area (Å²) in [5.74, 6) is 0.0677. The zero-order valence-electron chi connectivity index (χ0n) is 23.7. The Balaban J connectivity index is 1.54. The summed E-state index contributed by atoms with van der Waals surface area (Å²) in [4.78, 5) is 26.8. The molecule has 3 N–H and O–H groups in total. The van der Waals surface area contributed by atoms with E-state index in [0.29, 0.717) is 18.8 Å². The summed E-state index contributed by atoms with van der Waals surface area (Å²) in [5.41, 5.74) is -0.839. The minimum atomic E-state index is -0.906. The summed E-state index contributed by atoms with van der Waals surface area (Å²) < 4.78 is 5.26. The lowest BCUT2D eigenvalue weighted by Gasteiger charge is -2.63. The molecule has 0 spiro atoms. The number of allylic oxidation sites excluding steroid dienone is 2. The first kappa shape index (κ1) is 27.3. The molecule has 11 atom stereocenters. The number of fused-ring (bicyclic) bond motifs is 6. The van der Waals surface area contributed by atoms with Gasteiger partial charge < -0.3 is 20.1 Å². The number of hydrogen-bond acceptors (Lipinski definition) is 6. The van der Waals surface area contributed by atoms with E-state index < -0.39 is 23.0 Å². The van der Waals surface area contributed by atoms with Gasteiger partial charge in [0.25, 0.3) is 0 Å². The first-order valence-corrected chi connectivity index (χ1v) is 14.5. The quantitative estimate of drug-likeness (QED) is 0.469. The van der Waals surface area contributed by atoms with E-state index in [1.807, 2.05) is 19.9 Å². The molecule has 5 aliphatic rings. The maximum absolute atomic E-state index is 13.7. The van der Waals surface area contributed by atoms with Gasteiger partial charge in [-0.1, -0.05) is 33.3 Å². The molecule has 0 saturated heterocycles. The predicted molar refractivity (Wildman–Crippen MR) is 140 cm³/mol. The Kier molecular flexibility index (Phi) is 6.37. The highest BCUT2D eigenvalue weighted by Crippen LogP contribution is 2.70. The van der Waals surface area contributed by atoms with Crippen LogP contribution in [0.25, 0.3) is 0 Å². The van der Waals surface area contributed by atoms with Crippen LogP contribution in [-0.2, 0) is 14.3 Å². The van der Waals surface area contributed by atoms with Crippen LogP contribution in [0.5, 0.6) is 0 Å². The Bertz CT molecular complexity index is 1010. The molecular weight excluding hydrogens is 468 g/mol. The summed E-state index contributed by atoms with van der Waals surface area (Å²) in [6.45, 7) is 10.6. The first-order chi connectivity index (χ1) is 17.2. The van der Waals surface area contributed by atoms with Gasteiger partial charge in [-0.2, -0.15) is 0 Å². The van der Waals surface area contributed by atoms with Crippen molar-refractivity contribution < 1.29 is 29.6 Å². The van der Waals surface area contributed by atoms with E-state index >= 15 is 0 Å². The molecule has 0 bridgehead atoms. The summed E-state index contributed by atoms with van der Waals surface area (Å²) in [6, 6.07) is 0. The molecule has 6 heteroatoms. The second-order valence-corrected chi connectivity index (χ2v) is 14.7. The van der Waals surface area contributed by atoms with Crippen LogP contribution < -0.4 is 0 Å². The number of esters is 1. The summed E-state index contributed by atoms with van der Waals surface area (Å²) >= 11 is 0. The number of methoxy groups -OCH3 is 1. The molecule has 0 heterocycles. The van der Waals surface area contributed by atoms with Crippen molar-refractivity contribution in [1.82, 2.24) is 0 Å². The topological polar surface area (TPSA) is 104 Å². The van der Waals surface area contributed by atoms with Crippen molar-refractivity contribution in [1.29, 1.82) is 0 Å². The Morgan fingerprint density at radius 3 is 2.22 bits per heavy atom. The standard InChI is InChI=1S/C31H48O6/c1-27-12-9-22-29(3,14-11-24(35)31(22,5)26(36)37-6)21(27)8-7-19-18(16-27)15-20(33)25-28(19,2)13-10-23(34)30(25,4)17-32/h15,19,21-25,32,34-35H,7-14,16-17H2,1-6H3/t19-,21-,22+,23+,24+,25+,27-,28+,29+,30-,31+/m0/s1. The normalized spacial score (nSPS) is 53.5. The van der Waals surface area contributed by atoms with Crippen LogP contribution >= 0.6 is 0 Å². The first-order valence-electron chi connectivity index (χ1n) is 14.5. The van der Waals surface area contributed by atoms with E-state index in [9.17, 15) is 24.9 Å². The van der Waals surface area contributed by atoms with E-state index in [2.05, 4.69) is 20.8 Å². The third kappa shape index (κ3) is 3.47. The van der Waals surface area contributed by atoms with Gasteiger partial charge >= 0.3 is 5.97 Å². The zero-order valence-corrected chi connectivity index (χ0v) is 23.7. The molecule has 0 aliphatic heterocycles. The second kappa shape index (κ2) is 8.63. The summed E-state index contributed by atoms with van der Waals surface area (Å²) in [6.07, 6.45) is 8.12. The minimum absolute atomic E-state index is 0.0170. The average molecular weight is 517 g/mol. The number of aliphatic hydroxyl groups is 3. The molecule has 0 aromatic carbocycles. The molecule has 0 radical (unpaired) electrons. The maximum atomic E-state index is 13.7. The Morgan fingerprint density at radius 2 is 1.57 bits per heavy atom. The maximum Gasteiger partial charge on any atom is 0.314 e. The molecule has 5 rings (SSSR count). The number of carbonyl (C=O) groups is 2. The fraction of sp³-hybridized carbons (Fsp3) is 0.871. The van der Waals surface area contributed by atoms with Gasteiger partial charge in [-0.25, -0.2) is 0 Å². The van der Waals surface area contributed by atoms with Gasteiger partial charge in [-0.15, -0.1) is 0 Å². The molecule has 4 saturated carbocycles. The van der Waals surface area contributed by atoms with Gasteiger partial charge in [0.15, 0.2) is 5.78 Å². The Hall–Kier alpha value is -1.24. The molecular formula is C31H48O6.